The number of H-pyrrole nitrogens is 1. The molecule has 11 heavy (non-hydrogen) atoms. The highest BCUT2D eigenvalue weighted by molar-refractivity contribution is 5.73. The molecule has 1 radical (unpaired) electrons. The van der Waals surface area contributed by atoms with Crippen LogP contribution in [0.3, 0.4) is 0 Å². The van der Waals surface area contributed by atoms with E-state index in [-0.39, 0.29) is 6.42 Å². The molecule has 5 nitrogen and oxygen atoms in total. The van der Waals surface area contributed by atoms with Gasteiger partial charge in [0.25, 0.3) is 0 Å². The lowest BCUT2D eigenvalue weighted by Gasteiger charge is -2.00. The van der Waals surface area contributed by atoms with Crippen LogP contribution in [0.5, 0.6) is 0 Å². The number of carboxylic acids is 1. The highest BCUT2D eigenvalue weighted by Gasteiger charge is 2.13. The van der Waals surface area contributed by atoms with Crippen molar-refractivity contribution in [3.63, 3.8) is 0 Å². The van der Waals surface area contributed by atoms with Gasteiger partial charge in [-0.25, -0.2) is 10.7 Å². The minimum atomic E-state index is -1.12. The van der Waals surface area contributed by atoms with Crippen molar-refractivity contribution in [2.75, 3.05) is 0 Å². The third-order valence-electron chi connectivity index (χ3n) is 1.27. The minimum Gasteiger partial charge on any atom is -0.480 e. The number of nitrogens with zero attached hydrogens (tertiary/aromatic N) is 1. The van der Waals surface area contributed by atoms with E-state index in [9.17, 15) is 4.79 Å². The Bertz CT molecular complexity index is 232. The van der Waals surface area contributed by atoms with Gasteiger partial charge in [-0.3, -0.25) is 4.79 Å². The van der Waals surface area contributed by atoms with E-state index in [1.54, 1.807) is 6.20 Å². The van der Waals surface area contributed by atoms with E-state index in [2.05, 4.69) is 9.97 Å². The van der Waals surface area contributed by atoms with Gasteiger partial charge in [0.15, 0.2) is 0 Å². The summed E-state index contributed by atoms with van der Waals surface area (Å²) < 4.78 is 0. The molecule has 5 heteroatoms. The fraction of sp³-hybridized carbons (Fsp3) is 0.333. The van der Waals surface area contributed by atoms with Crippen LogP contribution >= 0.6 is 0 Å². The number of aromatic nitrogens is 2. The van der Waals surface area contributed by atoms with E-state index in [0.717, 1.165) is 0 Å². The summed E-state index contributed by atoms with van der Waals surface area (Å²) in [5.41, 5.74) is 7.65. The molecule has 0 spiro atoms. The molecule has 0 fully saturated rings. The van der Waals surface area contributed by atoms with Crippen molar-refractivity contribution >= 4 is 5.97 Å². The first kappa shape index (κ1) is 7.74. The van der Waals surface area contributed by atoms with Crippen LogP contribution in [-0.4, -0.2) is 27.1 Å². The summed E-state index contributed by atoms with van der Waals surface area (Å²) in [7, 11) is 0. The van der Waals surface area contributed by atoms with Gasteiger partial charge < -0.3 is 10.1 Å². The van der Waals surface area contributed by atoms with Crippen LogP contribution in [0, 0.1) is 0 Å². The maximum absolute atomic E-state index is 10.2. The molecule has 0 aliphatic heterocycles. The number of aromatic amines is 1. The lowest BCUT2D eigenvalue weighted by molar-refractivity contribution is -0.138. The van der Waals surface area contributed by atoms with Gasteiger partial charge in [0.05, 0.1) is 12.0 Å². The largest absolute Gasteiger partial charge is 0.480 e. The van der Waals surface area contributed by atoms with Crippen LogP contribution in [0.2, 0.25) is 0 Å². The SMILES string of the molecule is [NH]C(Cc1c[nH]cn1)C(=O)O. The standard InChI is InChI=1S/C6H8N3O2/c7-5(6(10)11)1-4-2-8-3-9-4/h2-3,5,7H,1H2,(H,8,9)(H,10,11). The Morgan fingerprint density at radius 2 is 2.64 bits per heavy atom. The molecule has 0 aliphatic carbocycles. The van der Waals surface area contributed by atoms with Gasteiger partial charge in [-0.2, -0.15) is 0 Å². The van der Waals surface area contributed by atoms with Gasteiger partial charge in [-0.15, -0.1) is 0 Å². The second-order valence-corrected chi connectivity index (χ2v) is 2.16. The lowest BCUT2D eigenvalue weighted by atomic mass is 10.2. The Morgan fingerprint density at radius 1 is 1.91 bits per heavy atom. The molecule has 1 aromatic heterocycles. The van der Waals surface area contributed by atoms with E-state index in [0.29, 0.717) is 5.69 Å². The topological polar surface area (TPSA) is 89.8 Å². The van der Waals surface area contributed by atoms with Gasteiger partial charge in [-0.05, 0) is 0 Å². The van der Waals surface area contributed by atoms with Crippen LogP contribution < -0.4 is 5.73 Å². The molecule has 0 bridgehead atoms. The third kappa shape index (κ3) is 2.05. The summed E-state index contributed by atoms with van der Waals surface area (Å²) in [4.78, 5) is 16.7. The van der Waals surface area contributed by atoms with Crippen LogP contribution in [-0.2, 0) is 11.2 Å². The molecular formula is C6H8N3O2. The molecule has 0 aliphatic rings. The lowest BCUT2D eigenvalue weighted by Crippen LogP contribution is -2.23. The molecule has 59 valence electrons. The summed E-state index contributed by atoms with van der Waals surface area (Å²) in [5, 5.41) is 8.36. The first-order valence-corrected chi connectivity index (χ1v) is 3.11. The zero-order valence-electron chi connectivity index (χ0n) is 5.74. The Balaban J connectivity index is 2.50. The predicted octanol–water partition coefficient (Wildman–Crippen LogP) is -0.312. The summed E-state index contributed by atoms with van der Waals surface area (Å²) in [6, 6.07) is -1.11. The van der Waals surface area contributed by atoms with Crippen LogP contribution in [0.4, 0.5) is 0 Å². The van der Waals surface area contributed by atoms with Gasteiger partial charge in [-0.1, -0.05) is 0 Å². The Hall–Kier alpha value is -1.36. The number of imidazole rings is 1. The molecule has 1 unspecified atom stereocenters. The van der Waals surface area contributed by atoms with E-state index in [1.165, 1.54) is 6.33 Å². The second-order valence-electron chi connectivity index (χ2n) is 2.16. The second kappa shape index (κ2) is 3.16. The van der Waals surface area contributed by atoms with Crippen molar-refractivity contribution in [3.05, 3.63) is 18.2 Å². The molecule has 0 aromatic carbocycles. The molecule has 3 N–H and O–H groups in total. The Kier molecular flexibility index (Phi) is 2.22. The smallest absolute Gasteiger partial charge is 0.322 e. The minimum absolute atomic E-state index is 0.152. The average Bonchev–Trinajstić information content (AvgIpc) is 2.39. The first-order valence-electron chi connectivity index (χ1n) is 3.11. The zero-order valence-corrected chi connectivity index (χ0v) is 5.74. The van der Waals surface area contributed by atoms with Crippen LogP contribution in [0.1, 0.15) is 5.69 Å². The van der Waals surface area contributed by atoms with Crippen LogP contribution in [0.15, 0.2) is 12.5 Å². The molecule has 0 amide bonds. The fourth-order valence-electron chi connectivity index (χ4n) is 0.699. The molecular weight excluding hydrogens is 146 g/mol. The molecule has 1 atom stereocenters. The summed E-state index contributed by atoms with van der Waals surface area (Å²) in [6.45, 7) is 0. The fourth-order valence-corrected chi connectivity index (χ4v) is 0.699. The monoisotopic (exact) mass is 154 g/mol. The van der Waals surface area contributed by atoms with Gasteiger partial charge in [0.1, 0.15) is 6.04 Å². The van der Waals surface area contributed by atoms with Crippen molar-refractivity contribution in [3.8, 4) is 0 Å². The summed E-state index contributed by atoms with van der Waals surface area (Å²) in [5.74, 6) is -1.12. The summed E-state index contributed by atoms with van der Waals surface area (Å²) in [6.07, 6.45) is 3.20. The number of carbonyl (C=O) groups is 1. The average molecular weight is 154 g/mol. The molecule has 0 saturated carbocycles. The first-order chi connectivity index (χ1) is 5.20. The van der Waals surface area contributed by atoms with Crippen molar-refractivity contribution in [1.29, 1.82) is 0 Å². The highest BCUT2D eigenvalue weighted by atomic mass is 16.4. The molecule has 1 aromatic rings. The number of nitrogens with one attached hydrogen (secondary N) is 2. The molecule has 1 rings (SSSR count). The van der Waals surface area contributed by atoms with Crippen LogP contribution in [0.25, 0.3) is 0 Å². The quantitative estimate of drug-likeness (QED) is 0.625. The number of hydrogen-bond acceptors (Lipinski definition) is 2. The Morgan fingerprint density at radius 3 is 3.09 bits per heavy atom. The maximum Gasteiger partial charge on any atom is 0.322 e. The number of hydrogen-bond donors (Lipinski definition) is 2. The van der Waals surface area contributed by atoms with Gasteiger partial charge >= 0.3 is 5.97 Å². The maximum atomic E-state index is 10.2. The number of carboxylic acid groups (broad SMARTS) is 1. The zero-order chi connectivity index (χ0) is 8.27. The molecule has 0 saturated heterocycles. The third-order valence-corrected chi connectivity index (χ3v) is 1.27. The normalized spacial score (nSPS) is 12.8. The van der Waals surface area contributed by atoms with Gasteiger partial charge in [0, 0.05) is 12.6 Å². The van der Waals surface area contributed by atoms with Crippen molar-refractivity contribution < 1.29 is 9.90 Å². The number of rotatable bonds is 3. The number of aliphatic carboxylic acids is 1. The predicted molar refractivity (Wildman–Crippen MR) is 36.8 cm³/mol. The Labute approximate surface area is 63.3 Å². The van der Waals surface area contributed by atoms with E-state index in [4.69, 9.17) is 10.8 Å². The molecule has 1 heterocycles. The summed E-state index contributed by atoms with van der Waals surface area (Å²) >= 11 is 0. The van der Waals surface area contributed by atoms with E-state index >= 15 is 0 Å². The van der Waals surface area contributed by atoms with Crippen molar-refractivity contribution in [2.45, 2.75) is 12.5 Å². The van der Waals surface area contributed by atoms with Crippen molar-refractivity contribution in [1.82, 2.24) is 15.7 Å². The van der Waals surface area contributed by atoms with Gasteiger partial charge in [0.2, 0.25) is 0 Å². The van der Waals surface area contributed by atoms with E-state index in [1.807, 2.05) is 0 Å². The highest BCUT2D eigenvalue weighted by Crippen LogP contribution is 1.96. The van der Waals surface area contributed by atoms with E-state index < -0.39 is 12.0 Å². The van der Waals surface area contributed by atoms with Crippen molar-refractivity contribution in [2.24, 2.45) is 0 Å².